The molecule has 2 rings (SSSR count). The highest BCUT2D eigenvalue weighted by molar-refractivity contribution is 6.18. The van der Waals surface area contributed by atoms with E-state index in [-0.39, 0.29) is 17.3 Å². The van der Waals surface area contributed by atoms with E-state index in [1.54, 1.807) is 18.5 Å². The van der Waals surface area contributed by atoms with E-state index in [1.165, 1.54) is 6.20 Å². The number of hydrogen-bond acceptors (Lipinski definition) is 7. The maximum absolute atomic E-state index is 8.21. The molecule has 5 N–H and O–H groups in total. The van der Waals surface area contributed by atoms with E-state index in [2.05, 4.69) is 15.1 Å². The van der Waals surface area contributed by atoms with Gasteiger partial charge in [0.15, 0.2) is 0 Å². The number of pyridine rings is 1. The molecule has 0 bridgehead atoms. The fourth-order valence-electron chi connectivity index (χ4n) is 1.87. The summed E-state index contributed by atoms with van der Waals surface area (Å²) in [6.45, 7) is 2.31. The van der Waals surface area contributed by atoms with Crippen LogP contribution in [0.5, 0.6) is 0 Å². The number of amidine groups is 1. The van der Waals surface area contributed by atoms with Gasteiger partial charge in [0.1, 0.15) is 5.84 Å². The Bertz CT molecular complexity index is 525. The molecule has 0 unspecified atom stereocenters. The van der Waals surface area contributed by atoms with Crippen LogP contribution in [0, 0.1) is 10.8 Å². The fourth-order valence-corrected chi connectivity index (χ4v) is 1.87. The molecular formula is C13H18N6O2. The average Bonchev–Trinajstić information content (AvgIpc) is 2.56. The molecule has 0 aliphatic carbocycles. The Balaban J connectivity index is 2.13. The SMILES string of the molecule is N=C(ON)/C(=C/Nc1cccnc1)C(=N)N1CCOCC1. The molecule has 2 heterocycles. The lowest BCUT2D eigenvalue weighted by Gasteiger charge is -2.29. The van der Waals surface area contributed by atoms with Crippen LogP contribution in [0.2, 0.25) is 0 Å². The lowest BCUT2D eigenvalue weighted by molar-refractivity contribution is 0.0679. The van der Waals surface area contributed by atoms with Gasteiger partial charge in [-0.05, 0) is 12.1 Å². The first-order valence-corrected chi connectivity index (χ1v) is 6.46. The number of morpholine rings is 1. The minimum absolute atomic E-state index is 0.171. The molecule has 1 aromatic rings. The largest absolute Gasteiger partial charge is 0.391 e. The number of anilines is 1. The molecule has 0 spiro atoms. The Hall–Kier alpha value is -2.45. The molecule has 8 nitrogen and oxygen atoms in total. The van der Waals surface area contributed by atoms with Crippen molar-refractivity contribution in [1.82, 2.24) is 9.88 Å². The molecule has 0 radical (unpaired) electrons. The molecule has 1 aliphatic heterocycles. The van der Waals surface area contributed by atoms with Crippen molar-refractivity contribution in [1.29, 1.82) is 10.8 Å². The van der Waals surface area contributed by atoms with E-state index in [1.807, 2.05) is 11.0 Å². The van der Waals surface area contributed by atoms with Gasteiger partial charge < -0.3 is 19.8 Å². The van der Waals surface area contributed by atoms with Crippen molar-refractivity contribution in [3.05, 3.63) is 36.3 Å². The van der Waals surface area contributed by atoms with E-state index in [9.17, 15) is 0 Å². The molecule has 1 fully saturated rings. The van der Waals surface area contributed by atoms with Gasteiger partial charge in [-0.2, -0.15) is 5.90 Å². The van der Waals surface area contributed by atoms with Crippen LogP contribution in [0.3, 0.4) is 0 Å². The van der Waals surface area contributed by atoms with E-state index in [0.29, 0.717) is 26.3 Å². The van der Waals surface area contributed by atoms with E-state index < -0.39 is 0 Å². The van der Waals surface area contributed by atoms with Gasteiger partial charge in [-0.3, -0.25) is 15.8 Å². The normalized spacial score (nSPS) is 15.5. The Kier molecular flexibility index (Phi) is 5.24. The first kappa shape index (κ1) is 14.9. The summed E-state index contributed by atoms with van der Waals surface area (Å²) in [6.07, 6.45) is 4.82. The topological polar surface area (TPSA) is 120 Å². The van der Waals surface area contributed by atoms with Crippen molar-refractivity contribution in [2.24, 2.45) is 5.90 Å². The van der Waals surface area contributed by atoms with E-state index >= 15 is 0 Å². The maximum atomic E-state index is 8.21. The first-order valence-electron chi connectivity index (χ1n) is 6.46. The number of aromatic nitrogens is 1. The maximum Gasteiger partial charge on any atom is 0.242 e. The van der Waals surface area contributed by atoms with Crippen LogP contribution in [0.25, 0.3) is 0 Å². The quantitative estimate of drug-likeness (QED) is 0.365. The summed E-state index contributed by atoms with van der Waals surface area (Å²) in [6, 6.07) is 3.61. The summed E-state index contributed by atoms with van der Waals surface area (Å²) in [5, 5.41) is 18.9. The zero-order valence-electron chi connectivity index (χ0n) is 11.5. The summed E-state index contributed by atoms with van der Waals surface area (Å²) >= 11 is 0. The summed E-state index contributed by atoms with van der Waals surface area (Å²) in [7, 11) is 0. The summed E-state index contributed by atoms with van der Waals surface area (Å²) in [4.78, 5) is 10.3. The fraction of sp³-hybridized carbons (Fsp3) is 0.308. The molecule has 0 saturated carbocycles. The predicted octanol–water partition coefficient (Wildman–Crippen LogP) is 0.554. The van der Waals surface area contributed by atoms with Crippen LogP contribution < -0.4 is 11.2 Å². The number of rotatable bonds is 4. The zero-order chi connectivity index (χ0) is 15.1. The monoisotopic (exact) mass is 290 g/mol. The number of ether oxygens (including phenoxy) is 1. The van der Waals surface area contributed by atoms with Crippen molar-refractivity contribution in [2.75, 3.05) is 31.6 Å². The van der Waals surface area contributed by atoms with Crippen molar-refractivity contribution in [3.8, 4) is 0 Å². The zero-order valence-corrected chi connectivity index (χ0v) is 11.5. The molecule has 0 atom stereocenters. The van der Waals surface area contributed by atoms with Gasteiger partial charge in [0, 0.05) is 25.5 Å². The Labute approximate surface area is 122 Å². The lowest BCUT2D eigenvalue weighted by Crippen LogP contribution is -2.42. The highest BCUT2D eigenvalue weighted by atomic mass is 16.6. The summed E-state index contributed by atoms with van der Waals surface area (Å²) in [5.74, 6) is 4.96. The molecule has 1 saturated heterocycles. The van der Waals surface area contributed by atoms with Gasteiger partial charge in [-0.1, -0.05) is 0 Å². The van der Waals surface area contributed by atoms with Crippen LogP contribution in [-0.4, -0.2) is 47.9 Å². The third-order valence-electron chi connectivity index (χ3n) is 2.99. The van der Waals surface area contributed by atoms with E-state index in [0.717, 1.165) is 5.69 Å². The molecule has 0 amide bonds. The molecule has 112 valence electrons. The number of hydrogen-bond donors (Lipinski definition) is 4. The second-order valence-corrected chi connectivity index (χ2v) is 4.34. The Morgan fingerprint density at radius 2 is 2.19 bits per heavy atom. The number of nitrogens with zero attached hydrogens (tertiary/aromatic N) is 2. The van der Waals surface area contributed by atoms with Gasteiger partial charge in [0.05, 0.1) is 30.7 Å². The van der Waals surface area contributed by atoms with Crippen LogP contribution >= 0.6 is 0 Å². The van der Waals surface area contributed by atoms with Crippen molar-refractivity contribution in [3.63, 3.8) is 0 Å². The van der Waals surface area contributed by atoms with Crippen molar-refractivity contribution in [2.45, 2.75) is 0 Å². The van der Waals surface area contributed by atoms with E-state index in [4.69, 9.17) is 21.5 Å². The standard InChI is InChI=1S/C13H18N6O2/c14-12(19-4-6-20-7-5-19)11(13(15)21-16)9-18-10-2-1-3-17-8-10/h1-3,8-9,14-15,18H,4-7,16H2/b11-9+,14-12?,15-13?. The smallest absolute Gasteiger partial charge is 0.242 e. The first-order chi connectivity index (χ1) is 10.2. The molecule has 1 aliphatic rings. The summed E-state index contributed by atoms with van der Waals surface area (Å²) < 4.78 is 5.25. The van der Waals surface area contributed by atoms with Gasteiger partial charge in [-0.15, -0.1) is 0 Å². The third kappa shape index (κ3) is 4.01. The Morgan fingerprint density at radius 3 is 2.81 bits per heavy atom. The average molecular weight is 290 g/mol. The lowest BCUT2D eigenvalue weighted by atomic mass is 10.2. The molecule has 21 heavy (non-hydrogen) atoms. The van der Waals surface area contributed by atoms with Gasteiger partial charge >= 0.3 is 0 Å². The van der Waals surface area contributed by atoms with Crippen LogP contribution in [-0.2, 0) is 9.57 Å². The summed E-state index contributed by atoms with van der Waals surface area (Å²) in [5.41, 5.74) is 1.01. The highest BCUT2D eigenvalue weighted by Gasteiger charge is 2.21. The molecule has 8 heteroatoms. The van der Waals surface area contributed by atoms with Crippen molar-refractivity contribution < 1.29 is 9.57 Å². The second kappa shape index (κ2) is 7.36. The van der Waals surface area contributed by atoms with Gasteiger partial charge in [-0.25, -0.2) is 0 Å². The molecule has 0 aromatic carbocycles. The second-order valence-electron chi connectivity index (χ2n) is 4.34. The van der Waals surface area contributed by atoms with Crippen LogP contribution in [0.1, 0.15) is 0 Å². The van der Waals surface area contributed by atoms with Crippen molar-refractivity contribution >= 4 is 17.4 Å². The minimum Gasteiger partial charge on any atom is -0.391 e. The van der Waals surface area contributed by atoms with Gasteiger partial charge in [0.25, 0.3) is 0 Å². The van der Waals surface area contributed by atoms with Gasteiger partial charge in [0.2, 0.25) is 5.90 Å². The molecular weight excluding hydrogens is 272 g/mol. The molecule has 1 aromatic heterocycles. The van der Waals surface area contributed by atoms with Crippen LogP contribution in [0.15, 0.2) is 36.3 Å². The minimum atomic E-state index is -0.275. The predicted molar refractivity (Wildman–Crippen MR) is 79.1 cm³/mol. The third-order valence-corrected chi connectivity index (χ3v) is 2.99. The highest BCUT2D eigenvalue weighted by Crippen LogP contribution is 2.10. The van der Waals surface area contributed by atoms with Crippen LogP contribution in [0.4, 0.5) is 5.69 Å². The number of nitrogens with one attached hydrogen (secondary N) is 3. The Morgan fingerprint density at radius 1 is 1.43 bits per heavy atom. The number of nitrogens with two attached hydrogens (primary N) is 1.